The Morgan fingerprint density at radius 1 is 1.24 bits per heavy atom. The van der Waals surface area contributed by atoms with Crippen molar-refractivity contribution in [1.82, 2.24) is 0 Å². The number of fused-ring (bicyclic) bond motifs is 1. The SMILES string of the molecule is COC1=CC(=O)c2c(O)cc(Br)c(O)c2C1=O. The van der Waals surface area contributed by atoms with Gasteiger partial charge in [-0.15, -0.1) is 0 Å². The number of carbonyl (C=O) groups is 2. The summed E-state index contributed by atoms with van der Waals surface area (Å²) in [5.41, 5.74) is -0.460. The Hall–Kier alpha value is -1.82. The number of hydrogen-bond acceptors (Lipinski definition) is 5. The van der Waals surface area contributed by atoms with E-state index in [-0.39, 0.29) is 32.9 Å². The van der Waals surface area contributed by atoms with Crippen LogP contribution in [0.1, 0.15) is 20.7 Å². The molecule has 6 heteroatoms. The summed E-state index contributed by atoms with van der Waals surface area (Å²) in [4.78, 5) is 23.6. The van der Waals surface area contributed by atoms with Crippen LogP contribution in [0.5, 0.6) is 11.5 Å². The summed E-state index contributed by atoms with van der Waals surface area (Å²) in [5.74, 6) is -2.16. The van der Waals surface area contributed by atoms with Crippen LogP contribution in [-0.2, 0) is 4.74 Å². The van der Waals surface area contributed by atoms with Crippen LogP contribution in [0.25, 0.3) is 0 Å². The molecule has 0 saturated carbocycles. The average molecular weight is 299 g/mol. The van der Waals surface area contributed by atoms with Crippen LogP contribution in [-0.4, -0.2) is 28.9 Å². The van der Waals surface area contributed by atoms with E-state index in [1.165, 1.54) is 7.11 Å². The molecule has 88 valence electrons. The number of allylic oxidation sites excluding steroid dienone is 2. The van der Waals surface area contributed by atoms with Crippen molar-refractivity contribution in [2.45, 2.75) is 0 Å². The number of hydrogen-bond donors (Lipinski definition) is 2. The summed E-state index contributed by atoms with van der Waals surface area (Å²) >= 11 is 2.98. The number of phenolic OH excluding ortho intramolecular Hbond substituents is 2. The summed E-state index contributed by atoms with van der Waals surface area (Å²) in [7, 11) is 1.25. The summed E-state index contributed by atoms with van der Waals surface area (Å²) in [6.45, 7) is 0. The number of ketones is 2. The second-order valence-corrected chi connectivity index (χ2v) is 4.24. The van der Waals surface area contributed by atoms with Gasteiger partial charge in [-0.05, 0) is 22.0 Å². The van der Waals surface area contributed by atoms with Gasteiger partial charge in [0, 0.05) is 6.08 Å². The molecule has 0 heterocycles. The minimum absolute atomic E-state index is 0.132. The summed E-state index contributed by atoms with van der Waals surface area (Å²) < 4.78 is 4.88. The van der Waals surface area contributed by atoms with Crippen LogP contribution in [0.4, 0.5) is 0 Å². The molecule has 17 heavy (non-hydrogen) atoms. The number of carbonyl (C=O) groups excluding carboxylic acids is 2. The van der Waals surface area contributed by atoms with Crippen LogP contribution in [0.15, 0.2) is 22.4 Å². The van der Waals surface area contributed by atoms with E-state index in [9.17, 15) is 19.8 Å². The first-order chi connectivity index (χ1) is 7.97. The van der Waals surface area contributed by atoms with Gasteiger partial charge in [-0.2, -0.15) is 0 Å². The first-order valence-electron chi connectivity index (χ1n) is 4.56. The molecule has 0 atom stereocenters. The topological polar surface area (TPSA) is 83.8 Å². The molecule has 1 aliphatic carbocycles. The van der Waals surface area contributed by atoms with Gasteiger partial charge in [-0.3, -0.25) is 9.59 Å². The molecular formula is C11H7BrO5. The van der Waals surface area contributed by atoms with E-state index >= 15 is 0 Å². The highest BCUT2D eigenvalue weighted by Crippen LogP contribution is 2.40. The zero-order valence-corrected chi connectivity index (χ0v) is 10.2. The minimum atomic E-state index is -0.642. The first kappa shape index (κ1) is 11.7. The van der Waals surface area contributed by atoms with Crippen molar-refractivity contribution in [1.29, 1.82) is 0 Å². The lowest BCUT2D eigenvalue weighted by Crippen LogP contribution is -2.18. The van der Waals surface area contributed by atoms with Gasteiger partial charge in [0.25, 0.3) is 0 Å². The fourth-order valence-electron chi connectivity index (χ4n) is 1.63. The molecule has 0 fully saturated rings. The van der Waals surface area contributed by atoms with E-state index in [1.807, 2.05) is 0 Å². The third kappa shape index (κ3) is 1.61. The molecule has 0 saturated heterocycles. The van der Waals surface area contributed by atoms with Crippen molar-refractivity contribution >= 4 is 27.5 Å². The number of aromatic hydroxyl groups is 2. The first-order valence-corrected chi connectivity index (χ1v) is 5.35. The Balaban J connectivity index is 2.80. The summed E-state index contributed by atoms with van der Waals surface area (Å²) in [6.07, 6.45) is 0.984. The molecule has 0 spiro atoms. The lowest BCUT2D eigenvalue weighted by Gasteiger charge is -2.17. The van der Waals surface area contributed by atoms with Gasteiger partial charge in [-0.1, -0.05) is 0 Å². The predicted octanol–water partition coefficient (Wildman–Crippen LogP) is 1.77. The largest absolute Gasteiger partial charge is 0.507 e. The number of ether oxygens (including phenoxy) is 1. The Kier molecular flexibility index (Phi) is 2.66. The van der Waals surface area contributed by atoms with E-state index in [0.717, 1.165) is 12.1 Å². The average Bonchev–Trinajstić information content (AvgIpc) is 2.28. The standard InChI is InChI=1S/C11H7BrO5/c1-17-7-3-6(14)8-5(13)2-4(12)10(15)9(8)11(7)16/h2-3,13,15H,1H3. The van der Waals surface area contributed by atoms with Crippen molar-refractivity contribution in [2.24, 2.45) is 0 Å². The smallest absolute Gasteiger partial charge is 0.232 e. The highest BCUT2D eigenvalue weighted by Gasteiger charge is 2.33. The maximum absolute atomic E-state index is 11.9. The zero-order valence-electron chi connectivity index (χ0n) is 8.65. The van der Waals surface area contributed by atoms with Crippen LogP contribution in [0, 0.1) is 0 Å². The fraction of sp³-hybridized carbons (Fsp3) is 0.0909. The second kappa shape index (κ2) is 3.89. The Morgan fingerprint density at radius 2 is 1.88 bits per heavy atom. The van der Waals surface area contributed by atoms with Crippen molar-refractivity contribution < 1.29 is 24.5 Å². The Bertz CT molecular complexity index is 574. The molecule has 1 aliphatic rings. The maximum atomic E-state index is 11.9. The summed E-state index contributed by atoms with van der Waals surface area (Å²) in [6, 6.07) is 1.16. The van der Waals surface area contributed by atoms with Crippen LogP contribution >= 0.6 is 15.9 Å². The van der Waals surface area contributed by atoms with E-state index in [2.05, 4.69) is 15.9 Å². The predicted molar refractivity (Wildman–Crippen MR) is 61.2 cm³/mol. The number of halogens is 1. The molecule has 1 aromatic carbocycles. The van der Waals surface area contributed by atoms with Crippen molar-refractivity contribution in [3.05, 3.63) is 33.5 Å². The quantitative estimate of drug-likeness (QED) is 0.772. The van der Waals surface area contributed by atoms with E-state index in [4.69, 9.17) is 4.74 Å². The number of methoxy groups -OCH3 is 1. The van der Waals surface area contributed by atoms with Crippen molar-refractivity contribution in [3.8, 4) is 11.5 Å². The molecule has 0 unspecified atom stereocenters. The number of phenols is 2. The van der Waals surface area contributed by atoms with Gasteiger partial charge in [0.15, 0.2) is 11.5 Å². The van der Waals surface area contributed by atoms with Gasteiger partial charge in [0.1, 0.15) is 11.5 Å². The molecule has 0 aliphatic heterocycles. The van der Waals surface area contributed by atoms with Crippen molar-refractivity contribution in [2.75, 3.05) is 7.11 Å². The van der Waals surface area contributed by atoms with Gasteiger partial charge in [0.2, 0.25) is 5.78 Å². The normalized spacial score (nSPS) is 14.4. The third-order valence-electron chi connectivity index (χ3n) is 2.41. The Labute approximate surface area is 104 Å². The van der Waals surface area contributed by atoms with Crippen LogP contribution in [0.3, 0.4) is 0 Å². The number of Topliss-reactive ketones (excluding diaryl/α,β-unsaturated/α-hetero) is 1. The van der Waals surface area contributed by atoms with E-state index < -0.39 is 11.6 Å². The number of rotatable bonds is 1. The maximum Gasteiger partial charge on any atom is 0.232 e. The molecule has 5 nitrogen and oxygen atoms in total. The third-order valence-corrected chi connectivity index (χ3v) is 3.02. The molecule has 0 bridgehead atoms. The zero-order chi connectivity index (χ0) is 12.7. The lowest BCUT2D eigenvalue weighted by molar-refractivity contribution is 0.0912. The van der Waals surface area contributed by atoms with E-state index in [1.54, 1.807) is 0 Å². The van der Waals surface area contributed by atoms with Crippen LogP contribution < -0.4 is 0 Å². The molecule has 2 N–H and O–H groups in total. The fourth-order valence-corrected chi connectivity index (χ4v) is 2.04. The highest BCUT2D eigenvalue weighted by molar-refractivity contribution is 9.10. The summed E-state index contributed by atoms with van der Waals surface area (Å²) in [5, 5.41) is 19.4. The molecule has 0 aromatic heterocycles. The molecule has 1 aromatic rings. The Morgan fingerprint density at radius 3 is 2.47 bits per heavy atom. The van der Waals surface area contributed by atoms with E-state index in [0.29, 0.717) is 0 Å². The highest BCUT2D eigenvalue weighted by atomic mass is 79.9. The van der Waals surface area contributed by atoms with Gasteiger partial charge >= 0.3 is 0 Å². The molecule has 0 radical (unpaired) electrons. The minimum Gasteiger partial charge on any atom is -0.507 e. The van der Waals surface area contributed by atoms with Gasteiger partial charge < -0.3 is 14.9 Å². The monoisotopic (exact) mass is 298 g/mol. The lowest BCUT2D eigenvalue weighted by atomic mass is 9.92. The number of benzene rings is 1. The van der Waals surface area contributed by atoms with Gasteiger partial charge in [-0.25, -0.2) is 0 Å². The molecular weight excluding hydrogens is 292 g/mol. The second-order valence-electron chi connectivity index (χ2n) is 3.38. The molecule has 2 rings (SSSR count). The molecule has 0 amide bonds. The van der Waals surface area contributed by atoms with Crippen molar-refractivity contribution in [3.63, 3.8) is 0 Å². The van der Waals surface area contributed by atoms with Gasteiger partial charge in [0.05, 0.1) is 22.7 Å². The van der Waals surface area contributed by atoms with Crippen LogP contribution in [0.2, 0.25) is 0 Å².